The fourth-order valence-corrected chi connectivity index (χ4v) is 1.99. The van der Waals surface area contributed by atoms with Crippen molar-refractivity contribution in [2.75, 3.05) is 24.5 Å². The molecule has 18 heavy (non-hydrogen) atoms. The number of hydrogen-bond donors (Lipinski definition) is 2. The number of carboxylic acids is 1. The molecule has 0 atom stereocenters. The minimum atomic E-state index is -0.841. The van der Waals surface area contributed by atoms with Crippen LogP contribution in [0.15, 0.2) is 24.3 Å². The van der Waals surface area contributed by atoms with E-state index in [4.69, 9.17) is 10.8 Å². The lowest BCUT2D eigenvalue weighted by Gasteiger charge is -2.30. The van der Waals surface area contributed by atoms with Crippen molar-refractivity contribution < 1.29 is 9.90 Å². The van der Waals surface area contributed by atoms with E-state index in [0.717, 1.165) is 11.3 Å². The third-order valence-electron chi connectivity index (χ3n) is 2.78. The first-order valence-electron chi connectivity index (χ1n) is 6.12. The second kappa shape index (κ2) is 5.87. The molecule has 4 nitrogen and oxygen atoms in total. The Morgan fingerprint density at radius 2 is 1.94 bits per heavy atom. The van der Waals surface area contributed by atoms with Crippen molar-refractivity contribution in [3.05, 3.63) is 29.8 Å². The van der Waals surface area contributed by atoms with Crippen LogP contribution in [0.2, 0.25) is 0 Å². The molecule has 4 heteroatoms. The third-order valence-corrected chi connectivity index (χ3v) is 2.78. The summed E-state index contributed by atoms with van der Waals surface area (Å²) in [5, 5.41) is 8.98. The molecular formula is C14H22N2O2. The molecule has 0 fully saturated rings. The van der Waals surface area contributed by atoms with Gasteiger partial charge in [-0.2, -0.15) is 0 Å². The van der Waals surface area contributed by atoms with Gasteiger partial charge in [0, 0.05) is 18.8 Å². The minimum Gasteiger partial charge on any atom is -0.480 e. The summed E-state index contributed by atoms with van der Waals surface area (Å²) in [5.74, 6) is -0.841. The van der Waals surface area contributed by atoms with E-state index in [9.17, 15) is 4.79 Å². The Balaban J connectivity index is 3.15. The number of anilines is 1. The van der Waals surface area contributed by atoms with Crippen LogP contribution in [0.1, 0.15) is 26.3 Å². The highest BCUT2D eigenvalue weighted by Gasteiger charge is 2.21. The number of nitrogens with two attached hydrogens (primary N) is 1. The van der Waals surface area contributed by atoms with E-state index in [-0.39, 0.29) is 12.0 Å². The normalized spacial score (nSPS) is 11.3. The lowest BCUT2D eigenvalue weighted by Crippen LogP contribution is -2.35. The Morgan fingerprint density at radius 3 is 2.44 bits per heavy atom. The van der Waals surface area contributed by atoms with Gasteiger partial charge in [-0.15, -0.1) is 0 Å². The lowest BCUT2D eigenvalue weighted by molar-refractivity contribution is -0.135. The summed E-state index contributed by atoms with van der Waals surface area (Å²) in [6, 6.07) is 7.90. The van der Waals surface area contributed by atoms with Crippen molar-refractivity contribution in [3.63, 3.8) is 0 Å². The summed E-state index contributed by atoms with van der Waals surface area (Å²) in [6.45, 7) is 7.31. The summed E-state index contributed by atoms with van der Waals surface area (Å²) in [7, 11) is 0. The van der Waals surface area contributed by atoms with Crippen LogP contribution in [0, 0.1) is 0 Å². The maximum atomic E-state index is 10.9. The lowest BCUT2D eigenvalue weighted by atomic mass is 9.85. The monoisotopic (exact) mass is 250 g/mol. The largest absolute Gasteiger partial charge is 0.480 e. The number of carboxylic acid groups (broad SMARTS) is 1. The van der Waals surface area contributed by atoms with Gasteiger partial charge in [0.1, 0.15) is 6.54 Å². The van der Waals surface area contributed by atoms with Gasteiger partial charge in [0.05, 0.1) is 0 Å². The molecule has 0 saturated heterocycles. The molecule has 0 aliphatic heterocycles. The molecule has 0 saturated carbocycles. The maximum Gasteiger partial charge on any atom is 0.323 e. The van der Waals surface area contributed by atoms with Crippen LogP contribution in [-0.2, 0) is 10.2 Å². The van der Waals surface area contributed by atoms with Crippen LogP contribution in [0.4, 0.5) is 5.69 Å². The molecule has 0 aliphatic carbocycles. The van der Waals surface area contributed by atoms with Crippen molar-refractivity contribution in [2.24, 2.45) is 5.73 Å². The summed E-state index contributed by atoms with van der Waals surface area (Å²) in [4.78, 5) is 12.8. The van der Waals surface area contributed by atoms with Crippen molar-refractivity contribution in [1.29, 1.82) is 0 Å². The van der Waals surface area contributed by atoms with Crippen LogP contribution < -0.4 is 10.6 Å². The number of para-hydroxylation sites is 1. The highest BCUT2D eigenvalue weighted by Crippen LogP contribution is 2.31. The van der Waals surface area contributed by atoms with Crippen molar-refractivity contribution in [3.8, 4) is 0 Å². The van der Waals surface area contributed by atoms with Gasteiger partial charge in [-0.3, -0.25) is 4.79 Å². The average Bonchev–Trinajstić information content (AvgIpc) is 2.27. The van der Waals surface area contributed by atoms with E-state index >= 15 is 0 Å². The number of carbonyl (C=O) groups is 1. The predicted octanol–water partition coefficient (Wildman–Crippen LogP) is 1.83. The molecule has 0 aliphatic rings. The first-order valence-corrected chi connectivity index (χ1v) is 6.12. The summed E-state index contributed by atoms with van der Waals surface area (Å²) in [5.41, 5.74) is 7.64. The van der Waals surface area contributed by atoms with E-state index < -0.39 is 5.97 Å². The highest BCUT2D eigenvalue weighted by molar-refractivity contribution is 5.74. The number of rotatable bonds is 5. The Morgan fingerprint density at radius 1 is 1.33 bits per heavy atom. The van der Waals surface area contributed by atoms with Gasteiger partial charge >= 0.3 is 5.97 Å². The molecule has 0 heterocycles. The zero-order chi connectivity index (χ0) is 13.8. The molecular weight excluding hydrogens is 228 g/mol. The predicted molar refractivity (Wildman–Crippen MR) is 74.0 cm³/mol. The van der Waals surface area contributed by atoms with Crippen LogP contribution in [0.3, 0.4) is 0 Å². The maximum absolute atomic E-state index is 10.9. The van der Waals surface area contributed by atoms with Gasteiger partial charge in [-0.05, 0) is 17.0 Å². The molecule has 100 valence electrons. The fourth-order valence-electron chi connectivity index (χ4n) is 1.99. The molecule has 0 aromatic heterocycles. The van der Waals surface area contributed by atoms with Crippen LogP contribution in [0.25, 0.3) is 0 Å². The summed E-state index contributed by atoms with van der Waals surface area (Å²) < 4.78 is 0. The Hall–Kier alpha value is -1.55. The first-order chi connectivity index (χ1) is 8.36. The standard InChI is InChI=1S/C14H22N2O2/c1-14(2,3)11-6-4-5-7-12(11)16(9-8-15)10-13(17)18/h4-7H,8-10,15H2,1-3H3,(H,17,18). The van der Waals surface area contributed by atoms with Gasteiger partial charge in [0.25, 0.3) is 0 Å². The Bertz CT molecular complexity index is 411. The van der Waals surface area contributed by atoms with E-state index in [1.807, 2.05) is 29.2 Å². The van der Waals surface area contributed by atoms with Gasteiger partial charge in [-0.1, -0.05) is 39.0 Å². The molecule has 3 N–H and O–H groups in total. The zero-order valence-corrected chi connectivity index (χ0v) is 11.3. The number of hydrogen-bond acceptors (Lipinski definition) is 3. The molecule has 0 bridgehead atoms. The van der Waals surface area contributed by atoms with Gasteiger partial charge in [-0.25, -0.2) is 0 Å². The molecule has 0 unspecified atom stereocenters. The summed E-state index contributed by atoms with van der Waals surface area (Å²) >= 11 is 0. The Kier molecular flexibility index (Phi) is 4.73. The zero-order valence-electron chi connectivity index (χ0n) is 11.3. The molecule has 1 aromatic rings. The van der Waals surface area contributed by atoms with Gasteiger partial charge < -0.3 is 15.7 Å². The topological polar surface area (TPSA) is 66.6 Å². The molecule has 0 radical (unpaired) electrons. The van der Waals surface area contributed by atoms with E-state index in [2.05, 4.69) is 20.8 Å². The number of aliphatic carboxylic acids is 1. The van der Waals surface area contributed by atoms with E-state index in [1.165, 1.54) is 0 Å². The SMILES string of the molecule is CC(C)(C)c1ccccc1N(CCN)CC(=O)O. The summed E-state index contributed by atoms with van der Waals surface area (Å²) in [6.07, 6.45) is 0. The van der Waals surface area contributed by atoms with Crippen LogP contribution >= 0.6 is 0 Å². The van der Waals surface area contributed by atoms with Crippen LogP contribution in [-0.4, -0.2) is 30.7 Å². The fraction of sp³-hybridized carbons (Fsp3) is 0.500. The minimum absolute atomic E-state index is 0.0235. The molecule has 1 rings (SSSR count). The van der Waals surface area contributed by atoms with Crippen molar-refractivity contribution in [2.45, 2.75) is 26.2 Å². The van der Waals surface area contributed by atoms with Crippen LogP contribution in [0.5, 0.6) is 0 Å². The average molecular weight is 250 g/mol. The van der Waals surface area contributed by atoms with Gasteiger partial charge in [0.2, 0.25) is 0 Å². The Labute approximate surface area is 108 Å². The second-order valence-electron chi connectivity index (χ2n) is 5.37. The second-order valence-corrected chi connectivity index (χ2v) is 5.37. The van der Waals surface area contributed by atoms with E-state index in [1.54, 1.807) is 0 Å². The number of nitrogens with zero attached hydrogens (tertiary/aromatic N) is 1. The molecule has 0 spiro atoms. The van der Waals surface area contributed by atoms with Crippen molar-refractivity contribution in [1.82, 2.24) is 0 Å². The third kappa shape index (κ3) is 3.74. The number of benzene rings is 1. The quantitative estimate of drug-likeness (QED) is 0.836. The highest BCUT2D eigenvalue weighted by atomic mass is 16.4. The first kappa shape index (κ1) is 14.5. The molecule has 0 amide bonds. The smallest absolute Gasteiger partial charge is 0.323 e. The van der Waals surface area contributed by atoms with Crippen molar-refractivity contribution >= 4 is 11.7 Å². The van der Waals surface area contributed by atoms with E-state index in [0.29, 0.717) is 13.1 Å². The molecule has 1 aromatic carbocycles. The van der Waals surface area contributed by atoms with Gasteiger partial charge in [0.15, 0.2) is 0 Å².